The number of anilines is 10. The van der Waals surface area contributed by atoms with Gasteiger partial charge in [0.1, 0.15) is 56.5 Å². The van der Waals surface area contributed by atoms with E-state index in [-0.39, 0.29) is 36.4 Å². The Kier molecular flexibility index (Phi) is 14.0. The SMILES string of the molecule is CSN1c2cc3c(cc2B2c4ccccc4N(c4ccccc4)c4cc(-c5cccc6c5oc5c(C(C)(C)C)cccc56)cc1c42)B1c2cc4c(cc2Oc2cc(-c5cccc6c5oc5c(C(C)(C)C)cccc56)cc(c21)O3)Nc1cc(-c2cccc3c2oc2c(C(C)(C)C)cccc23)cc2c1B4c1ccccc1N2c1ccccc1. The topological polar surface area (TPSA) is 79.6 Å². The molecule has 0 aliphatic carbocycles. The van der Waals surface area contributed by atoms with Gasteiger partial charge in [0.2, 0.25) is 0 Å². The molecule has 18 aromatic rings. The van der Waals surface area contributed by atoms with Gasteiger partial charge in [0.05, 0.1) is 11.4 Å². The Balaban J connectivity index is 0.738. The highest BCUT2D eigenvalue weighted by Crippen LogP contribution is 2.53. The van der Waals surface area contributed by atoms with E-state index in [1.807, 2.05) is 0 Å². The molecule has 116 heavy (non-hydrogen) atoms. The van der Waals surface area contributed by atoms with Crippen LogP contribution in [0.2, 0.25) is 0 Å². The number of nitrogens with zero attached hydrogens (tertiary/aromatic N) is 3. The van der Waals surface area contributed by atoms with E-state index in [0.717, 1.165) is 201 Å². The monoisotopic (exact) mass is 1510 g/mol. The molecule has 1 N–H and O–H groups in total. The van der Waals surface area contributed by atoms with Gasteiger partial charge in [0.25, 0.3) is 20.1 Å². The molecule has 0 unspecified atom stereocenters. The van der Waals surface area contributed by atoms with Crippen molar-refractivity contribution in [2.45, 2.75) is 78.6 Å². The highest BCUT2D eigenvalue weighted by atomic mass is 32.2. The zero-order chi connectivity index (χ0) is 77.8. The van der Waals surface area contributed by atoms with E-state index in [1.54, 1.807) is 11.9 Å². The molecule has 9 nitrogen and oxygen atoms in total. The minimum atomic E-state index is -0.354. The van der Waals surface area contributed by atoms with Crippen LogP contribution in [0, 0.1) is 0 Å². The lowest BCUT2D eigenvalue weighted by Gasteiger charge is -2.44. The van der Waals surface area contributed by atoms with E-state index in [4.69, 9.17) is 22.7 Å². The Morgan fingerprint density at radius 1 is 0.284 bits per heavy atom. The largest absolute Gasteiger partial charge is 0.458 e. The number of nitrogens with one attached hydrogen (secondary N) is 1. The normalized spacial score (nSPS) is 14.1. The predicted octanol–water partition coefficient (Wildman–Crippen LogP) is 22.4. The van der Waals surface area contributed by atoms with Gasteiger partial charge in [-0.3, -0.25) is 4.31 Å². The molecular formula is C103H77B3N4O5S. The van der Waals surface area contributed by atoms with Crippen LogP contribution >= 0.6 is 11.9 Å². The molecule has 15 aromatic carbocycles. The Morgan fingerprint density at radius 2 is 0.672 bits per heavy atom. The quantitative estimate of drug-likeness (QED) is 0.128. The van der Waals surface area contributed by atoms with Crippen LogP contribution in [0.3, 0.4) is 0 Å². The first-order chi connectivity index (χ1) is 56.4. The first-order valence-electron chi connectivity index (χ1n) is 40.5. The van der Waals surface area contributed by atoms with Gasteiger partial charge in [-0.05, 0) is 161 Å². The number of ether oxygens (including phenoxy) is 2. The maximum Gasteiger partial charge on any atom is 0.260 e. The summed E-state index contributed by atoms with van der Waals surface area (Å²) in [6, 6.07) is 103. The zero-order valence-corrected chi connectivity index (χ0v) is 66.9. The molecule has 9 heterocycles. The van der Waals surface area contributed by atoms with Crippen LogP contribution in [0.1, 0.15) is 79.0 Å². The van der Waals surface area contributed by atoms with Crippen molar-refractivity contribution in [3.8, 4) is 56.4 Å². The van der Waals surface area contributed by atoms with Crippen LogP contribution in [-0.2, 0) is 16.2 Å². The number of hydrogen-bond acceptors (Lipinski definition) is 10. The molecule has 13 heteroatoms. The summed E-state index contributed by atoms with van der Waals surface area (Å²) in [6.45, 7) is 19.6. The first-order valence-corrected chi connectivity index (χ1v) is 41.7. The molecule has 0 fully saturated rings. The van der Waals surface area contributed by atoms with Gasteiger partial charge in [-0.1, -0.05) is 256 Å². The fourth-order valence-corrected chi connectivity index (χ4v) is 21.2. The molecule has 6 aliphatic rings. The second kappa shape index (κ2) is 24.1. The van der Waals surface area contributed by atoms with Gasteiger partial charge in [-0.15, -0.1) is 0 Å². The molecule has 0 amide bonds. The summed E-state index contributed by atoms with van der Waals surface area (Å²) in [5.74, 6) is 3.04. The molecule has 0 atom stereocenters. The summed E-state index contributed by atoms with van der Waals surface area (Å²) in [4.78, 5) is 4.97. The Morgan fingerprint density at radius 3 is 1.15 bits per heavy atom. The zero-order valence-electron chi connectivity index (χ0n) is 66.1. The molecule has 0 spiro atoms. The van der Waals surface area contributed by atoms with Crippen LogP contribution in [0.25, 0.3) is 99.2 Å². The fourth-order valence-electron chi connectivity index (χ4n) is 20.5. The van der Waals surface area contributed by atoms with Gasteiger partial charge in [0.15, 0.2) is 0 Å². The molecule has 0 saturated carbocycles. The first kappa shape index (κ1) is 67.5. The smallest absolute Gasteiger partial charge is 0.260 e. The third kappa shape index (κ3) is 9.57. The fraction of sp³-hybridized carbons (Fsp3) is 0.126. The maximum absolute atomic E-state index is 7.78. The minimum Gasteiger partial charge on any atom is -0.458 e. The van der Waals surface area contributed by atoms with Crippen LogP contribution in [0.15, 0.2) is 292 Å². The van der Waals surface area contributed by atoms with Crippen molar-refractivity contribution in [1.29, 1.82) is 0 Å². The summed E-state index contributed by atoms with van der Waals surface area (Å²) in [6.07, 6.45) is 2.21. The Hall–Kier alpha value is -13.0. The number of benzene rings is 15. The van der Waals surface area contributed by atoms with Gasteiger partial charge in [-0.2, -0.15) is 0 Å². The van der Waals surface area contributed by atoms with Crippen molar-refractivity contribution < 1.29 is 22.7 Å². The van der Waals surface area contributed by atoms with E-state index in [9.17, 15) is 0 Å². The number of rotatable bonds is 6. The number of fused-ring (bicyclic) bond motifs is 21. The minimum absolute atomic E-state index is 0.135. The van der Waals surface area contributed by atoms with Crippen LogP contribution < -0.4 is 78.1 Å². The summed E-state index contributed by atoms with van der Waals surface area (Å²) in [5.41, 5.74) is 35.7. The summed E-state index contributed by atoms with van der Waals surface area (Å²) < 4.78 is 39.6. The molecule has 554 valence electrons. The van der Waals surface area contributed by atoms with Crippen LogP contribution in [-0.4, -0.2) is 26.4 Å². The summed E-state index contributed by atoms with van der Waals surface area (Å²) in [7, 11) is 0. The average molecular weight is 1520 g/mol. The lowest BCUT2D eigenvalue weighted by molar-refractivity contribution is 0.465. The van der Waals surface area contributed by atoms with Gasteiger partial charge in [-0.25, -0.2) is 0 Å². The predicted molar refractivity (Wildman–Crippen MR) is 489 cm³/mol. The number of furan rings is 3. The lowest BCUT2D eigenvalue weighted by Crippen LogP contribution is -2.64. The highest BCUT2D eigenvalue weighted by molar-refractivity contribution is 8.00. The van der Waals surface area contributed by atoms with E-state index < -0.39 is 0 Å². The Bertz CT molecular complexity index is 7370. The molecule has 0 bridgehead atoms. The van der Waals surface area contributed by atoms with Gasteiger partial charge >= 0.3 is 0 Å². The number of para-hydroxylation sites is 10. The second-order valence-corrected chi connectivity index (χ2v) is 36.1. The van der Waals surface area contributed by atoms with Crippen molar-refractivity contribution >= 4 is 204 Å². The van der Waals surface area contributed by atoms with E-state index in [2.05, 4.69) is 367 Å². The maximum atomic E-state index is 7.78. The number of hydrogen-bond donors (Lipinski definition) is 1. The van der Waals surface area contributed by atoms with E-state index in [0.29, 0.717) is 0 Å². The van der Waals surface area contributed by atoms with Crippen molar-refractivity contribution in [3.05, 3.63) is 296 Å². The van der Waals surface area contributed by atoms with Gasteiger partial charge in [0, 0.05) is 135 Å². The van der Waals surface area contributed by atoms with Crippen LogP contribution in [0.4, 0.5) is 56.9 Å². The molecule has 3 aromatic heterocycles. The third-order valence-electron chi connectivity index (χ3n) is 25.6. The molecule has 24 rings (SSSR count). The van der Waals surface area contributed by atoms with Crippen molar-refractivity contribution in [2.24, 2.45) is 0 Å². The second-order valence-electron chi connectivity index (χ2n) is 35.4. The summed E-state index contributed by atoms with van der Waals surface area (Å²) >= 11 is 1.72. The molecular weight excluding hydrogens is 1440 g/mol. The van der Waals surface area contributed by atoms with Crippen molar-refractivity contribution in [2.75, 3.05) is 25.7 Å². The standard InChI is InChI=1S/C103H77B3N4O5S/c1-101(2,3)71-40-24-37-68-65-34-21-31-62(95(65)113-98(68)71)57-47-81-92-85(48-57)108(60-27-13-11-14-28-60)82-45-19-17-43-74(82)104(92)76-53-78-88(55-80(76)107-81)111-90-51-59(64-33-23-36-67-70-39-26-42-73(103(7,8)9)100(70)115-97(64)67)52-91-94(90)106(78)79-54-77-84(56-89(79)112-91)110(116-10)87-50-58(63-32-22-35-66-69-38-25-41-72(102(4,5)6)99(69)114-96(63)66)49-86-93(87)105(77)75-44-18-20-46-83(75)109(86)61-29-15-12-16-30-61/h11-56,107H,1-10H3. The summed E-state index contributed by atoms with van der Waals surface area (Å²) in [5, 5.41) is 10.8. The van der Waals surface area contributed by atoms with Crippen molar-refractivity contribution in [3.63, 3.8) is 0 Å². The molecule has 0 radical (unpaired) electrons. The molecule has 0 saturated heterocycles. The average Bonchev–Trinajstić information content (AvgIpc) is 0.876. The lowest BCUT2D eigenvalue weighted by atomic mass is 9.29. The van der Waals surface area contributed by atoms with Crippen molar-refractivity contribution in [1.82, 2.24) is 0 Å². The van der Waals surface area contributed by atoms with Gasteiger partial charge < -0.3 is 37.8 Å². The third-order valence-corrected chi connectivity index (χ3v) is 26.4. The van der Waals surface area contributed by atoms with E-state index >= 15 is 0 Å². The highest BCUT2D eigenvalue weighted by Gasteiger charge is 2.50. The Labute approximate surface area is 678 Å². The van der Waals surface area contributed by atoms with E-state index in [1.165, 1.54) is 43.9 Å². The molecule has 6 aliphatic heterocycles. The van der Waals surface area contributed by atoms with Crippen LogP contribution in [0.5, 0.6) is 23.0 Å².